The van der Waals surface area contributed by atoms with Crippen LogP contribution in [-0.4, -0.2) is 74.2 Å². The summed E-state index contributed by atoms with van der Waals surface area (Å²) in [6.45, 7) is 9.22. The zero-order valence-electron chi connectivity index (χ0n) is 12.5. The molecule has 2 unspecified atom stereocenters. The molecule has 0 radical (unpaired) electrons. The Hall–Kier alpha value is -0.850. The maximum Gasteiger partial charge on any atom is 0.508 e. The van der Waals surface area contributed by atoms with Crippen molar-refractivity contribution in [1.29, 1.82) is 0 Å². The summed E-state index contributed by atoms with van der Waals surface area (Å²) in [6, 6.07) is 0.603. The predicted octanol–water partition coefficient (Wildman–Crippen LogP) is 1.30. The molecule has 2 saturated heterocycles. The molecule has 20 heavy (non-hydrogen) atoms. The second-order valence-electron chi connectivity index (χ2n) is 5.48. The van der Waals surface area contributed by atoms with Gasteiger partial charge in [-0.1, -0.05) is 0 Å². The lowest BCUT2D eigenvalue weighted by molar-refractivity contribution is 0.0193. The van der Waals surface area contributed by atoms with Crippen LogP contribution in [0, 0.1) is 0 Å². The standard InChI is InChI=1S/C14H26N2O4/c1-12-4-3-5-15(12)6-10-19-14(17)20-11-8-16-7-9-18-13(16)2/h12-13H,3-11H2,1-2H3. The van der Waals surface area contributed by atoms with Crippen LogP contribution in [0.15, 0.2) is 0 Å². The Morgan fingerprint density at radius 2 is 1.85 bits per heavy atom. The number of rotatable bonds is 6. The van der Waals surface area contributed by atoms with Crippen molar-refractivity contribution >= 4 is 6.16 Å². The molecule has 2 atom stereocenters. The van der Waals surface area contributed by atoms with Gasteiger partial charge in [0, 0.05) is 25.7 Å². The largest absolute Gasteiger partial charge is 0.508 e. The number of carbonyl (C=O) groups is 1. The minimum absolute atomic E-state index is 0.117. The number of hydrogen-bond acceptors (Lipinski definition) is 6. The SMILES string of the molecule is CC1CCCN1CCOC(=O)OCCN1CCOC1C. The molecule has 2 aliphatic rings. The molecule has 0 N–H and O–H groups in total. The molecule has 2 heterocycles. The first kappa shape index (κ1) is 15.5. The van der Waals surface area contributed by atoms with E-state index in [9.17, 15) is 4.79 Å². The first-order chi connectivity index (χ1) is 9.66. The van der Waals surface area contributed by atoms with Crippen LogP contribution in [0.1, 0.15) is 26.7 Å². The fourth-order valence-electron chi connectivity index (χ4n) is 2.78. The van der Waals surface area contributed by atoms with Crippen LogP contribution in [0.2, 0.25) is 0 Å². The molecule has 0 amide bonds. The van der Waals surface area contributed by atoms with E-state index in [0.29, 0.717) is 25.8 Å². The summed E-state index contributed by atoms with van der Waals surface area (Å²) in [6.07, 6.45) is 2.03. The van der Waals surface area contributed by atoms with Gasteiger partial charge >= 0.3 is 6.16 Å². The summed E-state index contributed by atoms with van der Waals surface area (Å²) < 4.78 is 15.6. The Balaban J connectivity index is 1.50. The normalized spacial score (nSPS) is 27.9. The van der Waals surface area contributed by atoms with E-state index >= 15 is 0 Å². The average molecular weight is 286 g/mol. The smallest absolute Gasteiger partial charge is 0.433 e. The van der Waals surface area contributed by atoms with Crippen LogP contribution in [-0.2, 0) is 14.2 Å². The molecule has 0 aliphatic carbocycles. The molecular weight excluding hydrogens is 260 g/mol. The van der Waals surface area contributed by atoms with E-state index in [4.69, 9.17) is 14.2 Å². The lowest BCUT2D eigenvalue weighted by Crippen LogP contribution is -2.33. The van der Waals surface area contributed by atoms with E-state index in [2.05, 4.69) is 16.7 Å². The number of hydrogen-bond donors (Lipinski definition) is 0. The van der Waals surface area contributed by atoms with E-state index < -0.39 is 6.16 Å². The first-order valence-corrected chi connectivity index (χ1v) is 7.56. The Morgan fingerprint density at radius 1 is 1.15 bits per heavy atom. The van der Waals surface area contributed by atoms with Gasteiger partial charge in [-0.2, -0.15) is 0 Å². The number of ether oxygens (including phenoxy) is 3. The Labute approximate surface area is 120 Å². The highest BCUT2D eigenvalue weighted by molar-refractivity contribution is 5.59. The molecule has 6 heteroatoms. The van der Waals surface area contributed by atoms with Gasteiger partial charge in [-0.3, -0.25) is 9.80 Å². The van der Waals surface area contributed by atoms with Gasteiger partial charge in [0.25, 0.3) is 0 Å². The van der Waals surface area contributed by atoms with Crippen LogP contribution in [0.4, 0.5) is 4.79 Å². The highest BCUT2D eigenvalue weighted by Gasteiger charge is 2.21. The zero-order valence-corrected chi connectivity index (χ0v) is 12.5. The van der Waals surface area contributed by atoms with E-state index in [1.807, 2.05) is 6.92 Å². The van der Waals surface area contributed by atoms with Crippen molar-refractivity contribution in [2.24, 2.45) is 0 Å². The molecule has 2 rings (SSSR count). The predicted molar refractivity (Wildman–Crippen MR) is 74.6 cm³/mol. The second-order valence-corrected chi connectivity index (χ2v) is 5.48. The third-order valence-electron chi connectivity index (χ3n) is 4.14. The summed E-state index contributed by atoms with van der Waals surface area (Å²) in [5.74, 6) is 0. The van der Waals surface area contributed by atoms with Crippen LogP contribution >= 0.6 is 0 Å². The fraction of sp³-hybridized carbons (Fsp3) is 0.929. The molecule has 0 aromatic rings. The third-order valence-corrected chi connectivity index (χ3v) is 4.14. The van der Waals surface area contributed by atoms with Crippen LogP contribution in [0.5, 0.6) is 0 Å². The molecule has 2 aliphatic heterocycles. The fourth-order valence-corrected chi connectivity index (χ4v) is 2.78. The minimum atomic E-state index is -0.565. The van der Waals surface area contributed by atoms with Gasteiger partial charge in [-0.25, -0.2) is 4.79 Å². The molecule has 0 spiro atoms. The van der Waals surface area contributed by atoms with Crippen molar-refractivity contribution in [3.05, 3.63) is 0 Å². The summed E-state index contributed by atoms with van der Waals surface area (Å²) in [7, 11) is 0. The molecule has 116 valence electrons. The van der Waals surface area contributed by atoms with Crippen molar-refractivity contribution in [3.8, 4) is 0 Å². The quantitative estimate of drug-likeness (QED) is 0.686. The van der Waals surface area contributed by atoms with Crippen molar-refractivity contribution in [3.63, 3.8) is 0 Å². The van der Waals surface area contributed by atoms with Crippen molar-refractivity contribution < 1.29 is 19.0 Å². The van der Waals surface area contributed by atoms with E-state index in [-0.39, 0.29) is 6.23 Å². The molecular formula is C14H26N2O4. The summed E-state index contributed by atoms with van der Waals surface area (Å²) >= 11 is 0. The van der Waals surface area contributed by atoms with Gasteiger partial charge in [0.15, 0.2) is 0 Å². The highest BCUT2D eigenvalue weighted by Crippen LogP contribution is 2.15. The van der Waals surface area contributed by atoms with Gasteiger partial charge < -0.3 is 14.2 Å². The maximum atomic E-state index is 11.4. The molecule has 0 aromatic heterocycles. The first-order valence-electron chi connectivity index (χ1n) is 7.56. The summed E-state index contributed by atoms with van der Waals surface area (Å²) in [4.78, 5) is 15.9. The monoisotopic (exact) mass is 286 g/mol. The number of nitrogens with zero attached hydrogens (tertiary/aromatic N) is 2. The molecule has 2 fully saturated rings. The van der Waals surface area contributed by atoms with Gasteiger partial charge in [-0.15, -0.1) is 0 Å². The van der Waals surface area contributed by atoms with Gasteiger partial charge in [-0.05, 0) is 33.2 Å². The van der Waals surface area contributed by atoms with Crippen LogP contribution in [0.25, 0.3) is 0 Å². The van der Waals surface area contributed by atoms with Crippen LogP contribution in [0.3, 0.4) is 0 Å². The molecule has 0 bridgehead atoms. The summed E-state index contributed by atoms with van der Waals surface area (Å²) in [5, 5.41) is 0. The van der Waals surface area contributed by atoms with Gasteiger partial charge in [0.1, 0.15) is 19.4 Å². The molecule has 0 saturated carbocycles. The second kappa shape index (κ2) is 7.81. The summed E-state index contributed by atoms with van der Waals surface area (Å²) in [5.41, 5.74) is 0. The highest BCUT2D eigenvalue weighted by atomic mass is 16.7. The van der Waals surface area contributed by atoms with E-state index in [1.165, 1.54) is 12.8 Å². The van der Waals surface area contributed by atoms with Gasteiger partial charge in [0.2, 0.25) is 0 Å². The van der Waals surface area contributed by atoms with E-state index in [0.717, 1.165) is 26.2 Å². The Morgan fingerprint density at radius 3 is 2.40 bits per heavy atom. The molecule has 0 aromatic carbocycles. The number of carbonyl (C=O) groups excluding carboxylic acids is 1. The maximum absolute atomic E-state index is 11.4. The lowest BCUT2D eigenvalue weighted by Gasteiger charge is -2.20. The third kappa shape index (κ3) is 4.61. The van der Waals surface area contributed by atoms with E-state index in [1.54, 1.807) is 0 Å². The minimum Gasteiger partial charge on any atom is -0.433 e. The van der Waals surface area contributed by atoms with Crippen LogP contribution < -0.4 is 0 Å². The average Bonchev–Trinajstić information content (AvgIpc) is 3.00. The van der Waals surface area contributed by atoms with Gasteiger partial charge in [0.05, 0.1) is 6.61 Å². The zero-order chi connectivity index (χ0) is 14.4. The topological polar surface area (TPSA) is 51.2 Å². The Bertz CT molecular complexity index is 286. The Kier molecular flexibility index (Phi) is 6.06. The van der Waals surface area contributed by atoms with Crippen molar-refractivity contribution in [2.75, 3.05) is 46.0 Å². The van der Waals surface area contributed by atoms with Crippen molar-refractivity contribution in [1.82, 2.24) is 9.80 Å². The number of likely N-dealkylation sites (tertiary alicyclic amines) is 1. The van der Waals surface area contributed by atoms with Crippen molar-refractivity contribution in [2.45, 2.75) is 39.0 Å². The lowest BCUT2D eigenvalue weighted by atomic mass is 10.2. The molecule has 6 nitrogen and oxygen atoms in total.